The topological polar surface area (TPSA) is 161 Å². The van der Waals surface area contributed by atoms with Gasteiger partial charge in [0.15, 0.2) is 29.7 Å². The molecule has 2 aromatic carbocycles. The molecule has 4 saturated heterocycles. The molecule has 0 radical (unpaired) electrons. The highest BCUT2D eigenvalue weighted by Crippen LogP contribution is 2.37. The molecule has 4 aromatic heterocycles. The summed E-state index contributed by atoms with van der Waals surface area (Å²) in [5.74, 6) is 0.336. The summed E-state index contributed by atoms with van der Waals surface area (Å²) in [5, 5.41) is 9.20. The van der Waals surface area contributed by atoms with Crippen molar-refractivity contribution < 1.29 is 51.3 Å². The maximum absolute atomic E-state index is 15.0. The molecule has 10 rings (SSSR count). The Kier molecular flexibility index (Phi) is 15.7. The maximum Gasteiger partial charge on any atom is 0.198 e. The number of rotatable bonds is 12. The Morgan fingerprint density at radius 1 is 0.765 bits per heavy atom. The van der Waals surface area contributed by atoms with Crippen molar-refractivity contribution in [1.82, 2.24) is 19.5 Å². The van der Waals surface area contributed by atoms with Crippen LogP contribution in [0, 0.1) is 11.6 Å². The van der Waals surface area contributed by atoms with Gasteiger partial charge in [0.05, 0.1) is 66.4 Å². The number of pyridine rings is 2. The predicted octanol–water partition coefficient (Wildman–Crippen LogP) is 10.4. The Balaban J connectivity index is 0.000000171. The van der Waals surface area contributed by atoms with Crippen molar-refractivity contribution in [2.24, 2.45) is 4.36 Å². The van der Waals surface area contributed by atoms with Gasteiger partial charge >= 0.3 is 0 Å². The van der Waals surface area contributed by atoms with Gasteiger partial charge in [0.25, 0.3) is 0 Å². The SMILES string of the molecule is CS(C)(=O)=Nc1ccc(-c2ccc(-c3nc4cc(O[C@@H]5CC[C@@H](CO)OC5)[nH]c4cc3F)cc2)cc1.Fc1cc2c(cc(O[C@@H]3CC[C@@H](COC4CCCCO4)OC3)n2C2CCCCO2)nc1Br. The highest BCUT2D eigenvalue weighted by Gasteiger charge is 2.29. The summed E-state index contributed by atoms with van der Waals surface area (Å²) in [6, 6.07) is 21.6. The number of hydrogen-bond donors (Lipinski definition) is 2. The number of fused-ring (bicyclic) bond motifs is 2. The summed E-state index contributed by atoms with van der Waals surface area (Å²) < 4.78 is 88.9. The Hall–Kier alpha value is -4.53. The van der Waals surface area contributed by atoms with E-state index in [4.69, 9.17) is 33.2 Å². The van der Waals surface area contributed by atoms with Gasteiger partial charge in [-0.15, -0.1) is 0 Å². The maximum atomic E-state index is 15.0. The summed E-state index contributed by atoms with van der Waals surface area (Å²) >= 11 is 3.19. The molecule has 2 unspecified atom stereocenters. The summed E-state index contributed by atoms with van der Waals surface area (Å²) in [6.45, 7) is 2.91. The molecule has 0 amide bonds. The van der Waals surface area contributed by atoms with Crippen LogP contribution >= 0.6 is 15.9 Å². The Bertz CT molecular complexity index is 2750. The predicted molar refractivity (Wildman–Crippen MR) is 259 cm³/mol. The molecular formula is C50H58BrF2N5O9S. The molecule has 2 N–H and O–H groups in total. The van der Waals surface area contributed by atoms with Gasteiger partial charge in [0.2, 0.25) is 0 Å². The smallest absolute Gasteiger partial charge is 0.198 e. The molecule has 0 bridgehead atoms. The number of aliphatic hydroxyl groups excluding tert-OH is 1. The number of aromatic amines is 1. The van der Waals surface area contributed by atoms with E-state index in [-0.39, 0.29) is 53.8 Å². The normalized spacial score (nSPS) is 23.5. The van der Waals surface area contributed by atoms with Gasteiger partial charge in [-0.05, 0) is 103 Å². The fourth-order valence-electron chi connectivity index (χ4n) is 8.88. The number of benzene rings is 2. The van der Waals surface area contributed by atoms with Gasteiger partial charge in [-0.2, -0.15) is 4.36 Å². The third-order valence-electron chi connectivity index (χ3n) is 12.4. The van der Waals surface area contributed by atoms with Gasteiger partial charge in [0.1, 0.15) is 28.7 Å². The highest BCUT2D eigenvalue weighted by atomic mass is 79.9. The molecule has 4 aliphatic heterocycles. The molecule has 18 heteroatoms. The molecule has 0 saturated carbocycles. The van der Waals surface area contributed by atoms with Gasteiger partial charge in [-0.25, -0.2) is 23.0 Å². The number of H-pyrrole nitrogens is 1. The lowest BCUT2D eigenvalue weighted by Gasteiger charge is -2.32. The number of aliphatic hydroxyl groups is 1. The molecular weight excluding hydrogens is 965 g/mol. The van der Waals surface area contributed by atoms with Crippen molar-refractivity contribution in [1.29, 1.82) is 0 Å². The summed E-state index contributed by atoms with van der Waals surface area (Å²) in [4.78, 5) is 12.0. The van der Waals surface area contributed by atoms with E-state index in [2.05, 4.69) is 35.2 Å². The Morgan fingerprint density at radius 2 is 1.44 bits per heavy atom. The standard InChI is InChI=1S/C27H28FN3O4S.C23H30BrFN2O5/c1-36(2,33)31-20-9-7-18(8-10-20)17-3-5-19(6-4-17)27-23(28)13-24-25(30-27)14-26(29-24)35-22-12-11-21(15-32)34-16-22;24-23-17(25)11-19-18(26-23)12-21(27(19)20-5-1-3-9-28-20)32-16-8-7-15(30-14-16)13-31-22-6-2-4-10-29-22/h3-10,13-14,21-22,29,32H,11-12,15-16H2,1-2H3;11-12,15-16,20,22H,1-10,13-14H2/t21-,22+;15-,16+,20?,22?/m00/s1. The number of hydrogen-bond acceptors (Lipinski definition) is 12. The van der Waals surface area contributed by atoms with E-state index in [1.807, 2.05) is 59.2 Å². The molecule has 14 nitrogen and oxygen atoms in total. The van der Waals surface area contributed by atoms with Gasteiger partial charge < -0.3 is 43.2 Å². The van der Waals surface area contributed by atoms with Crippen molar-refractivity contribution >= 4 is 53.4 Å². The first kappa shape index (κ1) is 48.5. The number of ether oxygens (including phenoxy) is 7. The Labute approximate surface area is 403 Å². The van der Waals surface area contributed by atoms with Crippen LogP contribution in [0.1, 0.15) is 70.4 Å². The Morgan fingerprint density at radius 3 is 2.09 bits per heavy atom. The average Bonchev–Trinajstić information content (AvgIpc) is 3.90. The van der Waals surface area contributed by atoms with Crippen molar-refractivity contribution in [3.8, 4) is 34.1 Å². The highest BCUT2D eigenvalue weighted by molar-refractivity contribution is 9.10. The molecule has 6 atom stereocenters. The van der Waals surface area contributed by atoms with E-state index in [1.54, 1.807) is 18.6 Å². The second-order valence-corrected chi connectivity index (χ2v) is 21.3. The minimum Gasteiger partial charge on any atom is -0.473 e. The van der Waals surface area contributed by atoms with E-state index in [0.717, 1.165) is 81.9 Å². The minimum atomic E-state index is -2.21. The lowest BCUT2D eigenvalue weighted by molar-refractivity contribution is -0.187. The fraction of sp³-hybridized carbons (Fsp3) is 0.480. The molecule has 0 spiro atoms. The van der Waals surface area contributed by atoms with E-state index >= 15 is 0 Å². The van der Waals surface area contributed by atoms with Crippen molar-refractivity contribution in [3.05, 3.63) is 89.0 Å². The molecule has 0 aliphatic carbocycles. The number of nitrogens with one attached hydrogen (secondary N) is 1. The first-order valence-corrected chi connectivity index (χ1v) is 26.5. The quantitative estimate of drug-likeness (QED) is 0.112. The van der Waals surface area contributed by atoms with Crippen LogP contribution < -0.4 is 9.47 Å². The third-order valence-corrected chi connectivity index (χ3v) is 13.6. The van der Waals surface area contributed by atoms with Crippen LogP contribution in [0.5, 0.6) is 11.8 Å². The first-order valence-electron chi connectivity index (χ1n) is 23.4. The summed E-state index contributed by atoms with van der Waals surface area (Å²) in [5.41, 5.74) is 6.08. The third kappa shape index (κ3) is 12.2. The first-order chi connectivity index (χ1) is 32.9. The summed E-state index contributed by atoms with van der Waals surface area (Å²) in [6.07, 6.45) is 12.0. The summed E-state index contributed by atoms with van der Waals surface area (Å²) in [7, 11) is -2.21. The van der Waals surface area contributed by atoms with Crippen molar-refractivity contribution in [3.63, 3.8) is 0 Å². The van der Waals surface area contributed by atoms with Crippen LogP contribution in [0.4, 0.5) is 14.5 Å². The molecule has 6 aromatic rings. The van der Waals surface area contributed by atoms with E-state index in [0.29, 0.717) is 71.5 Å². The van der Waals surface area contributed by atoms with Crippen molar-refractivity contribution in [2.75, 3.05) is 52.2 Å². The van der Waals surface area contributed by atoms with Crippen molar-refractivity contribution in [2.45, 2.75) is 101 Å². The second kappa shape index (κ2) is 22.0. The van der Waals surface area contributed by atoms with Crippen LogP contribution in [0.15, 0.2) is 81.8 Å². The van der Waals surface area contributed by atoms with Gasteiger partial charge in [-0.3, -0.25) is 4.57 Å². The lowest BCUT2D eigenvalue weighted by Crippen LogP contribution is -2.37. The zero-order valence-corrected chi connectivity index (χ0v) is 40.7. The lowest BCUT2D eigenvalue weighted by atomic mass is 10.0. The van der Waals surface area contributed by atoms with E-state index < -0.39 is 21.4 Å². The van der Waals surface area contributed by atoms with Crippen LogP contribution in [0.2, 0.25) is 0 Å². The van der Waals surface area contributed by atoms with Gasteiger partial charge in [-0.1, -0.05) is 36.4 Å². The minimum absolute atomic E-state index is 0.0103. The molecule has 4 aliphatic rings. The van der Waals surface area contributed by atoms with E-state index in [9.17, 15) is 18.1 Å². The van der Waals surface area contributed by atoms with Crippen LogP contribution in [-0.4, -0.2) is 112 Å². The monoisotopic (exact) mass is 1020 g/mol. The average molecular weight is 1020 g/mol. The van der Waals surface area contributed by atoms with Crippen LogP contribution in [0.25, 0.3) is 44.5 Å². The fourth-order valence-corrected chi connectivity index (χ4v) is 9.82. The van der Waals surface area contributed by atoms with Crippen LogP contribution in [-0.2, 0) is 33.4 Å². The molecule has 8 heterocycles. The van der Waals surface area contributed by atoms with E-state index in [1.165, 1.54) is 12.1 Å². The second-order valence-electron chi connectivity index (χ2n) is 18.0. The molecule has 68 heavy (non-hydrogen) atoms. The largest absolute Gasteiger partial charge is 0.473 e. The number of halogens is 3. The number of aromatic nitrogens is 4. The zero-order valence-electron chi connectivity index (χ0n) is 38.3. The van der Waals surface area contributed by atoms with Crippen LogP contribution in [0.3, 0.4) is 0 Å². The number of nitrogens with zero attached hydrogens (tertiary/aromatic N) is 4. The zero-order chi connectivity index (χ0) is 47.2. The van der Waals surface area contributed by atoms with Gasteiger partial charge in [0, 0.05) is 65.3 Å². The molecule has 4 fully saturated rings. The molecule has 364 valence electrons.